The molecule has 88 valence electrons. The molecule has 2 aromatic rings. The van der Waals surface area contributed by atoms with Crippen LogP contribution in [-0.4, -0.2) is 17.0 Å². The van der Waals surface area contributed by atoms with Gasteiger partial charge >= 0.3 is 0 Å². The molecule has 1 aromatic heterocycles. The Balaban J connectivity index is 2.27. The van der Waals surface area contributed by atoms with Gasteiger partial charge in [-0.1, -0.05) is 6.07 Å². The molecule has 0 fully saturated rings. The highest BCUT2D eigenvalue weighted by Crippen LogP contribution is 2.24. The quantitative estimate of drug-likeness (QED) is 0.885. The van der Waals surface area contributed by atoms with Crippen LogP contribution in [0.15, 0.2) is 30.5 Å². The van der Waals surface area contributed by atoms with Crippen molar-refractivity contribution in [1.29, 1.82) is 0 Å². The molecule has 0 bridgehead atoms. The zero-order chi connectivity index (χ0) is 12.3. The van der Waals surface area contributed by atoms with E-state index in [-0.39, 0.29) is 5.75 Å². The van der Waals surface area contributed by atoms with Crippen LogP contribution in [0.5, 0.6) is 11.6 Å². The number of ether oxygens (including phenoxy) is 1. The zero-order valence-electron chi connectivity index (χ0n) is 9.57. The molecule has 17 heavy (non-hydrogen) atoms. The summed E-state index contributed by atoms with van der Waals surface area (Å²) in [6.07, 6.45) is 1.54. The van der Waals surface area contributed by atoms with Gasteiger partial charge in [-0.2, -0.15) is 4.98 Å². The number of aromatic nitrogens is 2. The van der Waals surface area contributed by atoms with Crippen LogP contribution in [-0.2, 0) is 0 Å². The van der Waals surface area contributed by atoms with E-state index in [1.807, 2.05) is 6.92 Å². The van der Waals surface area contributed by atoms with Crippen LogP contribution in [0.3, 0.4) is 0 Å². The summed E-state index contributed by atoms with van der Waals surface area (Å²) in [6.45, 7) is 1.87. The molecule has 5 heteroatoms. The molecular formula is C12H12FN3O. The van der Waals surface area contributed by atoms with Crippen molar-refractivity contribution in [3.05, 3.63) is 41.8 Å². The molecule has 0 saturated carbocycles. The van der Waals surface area contributed by atoms with Crippen LogP contribution in [0.25, 0.3) is 0 Å². The maximum Gasteiger partial charge on any atom is 0.225 e. The fraction of sp³-hybridized carbons (Fsp3) is 0.167. The highest BCUT2D eigenvalue weighted by atomic mass is 19.1. The molecule has 4 nitrogen and oxygen atoms in total. The van der Waals surface area contributed by atoms with Crippen LogP contribution in [0, 0.1) is 12.7 Å². The van der Waals surface area contributed by atoms with Gasteiger partial charge in [0.1, 0.15) is 0 Å². The molecular weight excluding hydrogens is 221 g/mol. The van der Waals surface area contributed by atoms with Crippen molar-refractivity contribution in [2.75, 3.05) is 12.4 Å². The second-order valence-corrected chi connectivity index (χ2v) is 3.50. The van der Waals surface area contributed by atoms with Crippen LogP contribution in [0.2, 0.25) is 0 Å². The number of anilines is 1. The molecule has 0 atom stereocenters. The zero-order valence-corrected chi connectivity index (χ0v) is 9.57. The molecule has 0 radical (unpaired) electrons. The first-order chi connectivity index (χ1) is 8.19. The monoisotopic (exact) mass is 233 g/mol. The maximum atomic E-state index is 13.5. The van der Waals surface area contributed by atoms with Crippen LogP contribution in [0.1, 0.15) is 5.56 Å². The third kappa shape index (κ3) is 2.69. The topological polar surface area (TPSA) is 47.0 Å². The van der Waals surface area contributed by atoms with Crippen LogP contribution < -0.4 is 10.1 Å². The highest BCUT2D eigenvalue weighted by Gasteiger charge is 2.06. The van der Waals surface area contributed by atoms with E-state index in [1.54, 1.807) is 31.4 Å². The van der Waals surface area contributed by atoms with E-state index in [0.29, 0.717) is 11.8 Å². The highest BCUT2D eigenvalue weighted by molar-refractivity contribution is 5.34. The lowest BCUT2D eigenvalue weighted by molar-refractivity contribution is 0.427. The van der Waals surface area contributed by atoms with E-state index >= 15 is 0 Å². The smallest absolute Gasteiger partial charge is 0.225 e. The van der Waals surface area contributed by atoms with E-state index < -0.39 is 5.82 Å². The predicted molar refractivity (Wildman–Crippen MR) is 62.8 cm³/mol. The summed E-state index contributed by atoms with van der Waals surface area (Å²) in [5.41, 5.74) is 0.921. The van der Waals surface area contributed by atoms with Gasteiger partial charge in [0, 0.05) is 19.3 Å². The number of hydrogen-bond donors (Lipinski definition) is 1. The molecule has 2 rings (SSSR count). The first-order valence-electron chi connectivity index (χ1n) is 5.14. The van der Waals surface area contributed by atoms with Crippen molar-refractivity contribution in [3.8, 4) is 11.6 Å². The van der Waals surface area contributed by atoms with E-state index in [1.165, 1.54) is 6.07 Å². The van der Waals surface area contributed by atoms with E-state index in [0.717, 1.165) is 5.56 Å². The number of benzene rings is 1. The summed E-state index contributed by atoms with van der Waals surface area (Å²) in [7, 11) is 1.70. The molecule has 0 amide bonds. The molecule has 1 N–H and O–H groups in total. The average Bonchev–Trinajstić information content (AvgIpc) is 2.34. The van der Waals surface area contributed by atoms with Crippen molar-refractivity contribution < 1.29 is 9.13 Å². The molecule has 0 aliphatic rings. The summed E-state index contributed by atoms with van der Waals surface area (Å²) in [6, 6.07) is 6.24. The Morgan fingerprint density at radius 3 is 2.88 bits per heavy atom. The van der Waals surface area contributed by atoms with Gasteiger partial charge in [-0.3, -0.25) is 0 Å². The summed E-state index contributed by atoms with van der Waals surface area (Å²) in [5, 5.41) is 2.78. The Bertz CT molecular complexity index is 531. The Labute approximate surface area is 98.5 Å². The van der Waals surface area contributed by atoms with E-state index in [4.69, 9.17) is 4.74 Å². The van der Waals surface area contributed by atoms with Gasteiger partial charge in [0.2, 0.25) is 11.8 Å². The summed E-state index contributed by atoms with van der Waals surface area (Å²) in [5.74, 6) is 0.468. The number of nitrogens with one attached hydrogen (secondary N) is 1. The lowest BCUT2D eigenvalue weighted by Crippen LogP contribution is -1.98. The normalized spacial score (nSPS) is 10.1. The third-order valence-electron chi connectivity index (χ3n) is 2.15. The predicted octanol–water partition coefficient (Wildman–Crippen LogP) is 2.76. The molecule has 0 aliphatic carbocycles. The van der Waals surface area contributed by atoms with Gasteiger partial charge in [0.05, 0.1) is 0 Å². The van der Waals surface area contributed by atoms with Crippen molar-refractivity contribution in [2.24, 2.45) is 0 Å². The van der Waals surface area contributed by atoms with Crippen molar-refractivity contribution >= 4 is 5.95 Å². The fourth-order valence-electron chi connectivity index (χ4n) is 1.32. The SMILES string of the molecule is CNc1nccc(Oc2cc(C)ccc2F)n1. The number of aryl methyl sites for hydroxylation is 1. The summed E-state index contributed by atoms with van der Waals surface area (Å²) >= 11 is 0. The van der Waals surface area contributed by atoms with Gasteiger partial charge in [-0.05, 0) is 24.6 Å². The van der Waals surface area contributed by atoms with Gasteiger partial charge in [0.15, 0.2) is 11.6 Å². The lowest BCUT2D eigenvalue weighted by atomic mass is 10.2. The lowest BCUT2D eigenvalue weighted by Gasteiger charge is -2.07. The Kier molecular flexibility index (Phi) is 3.18. The van der Waals surface area contributed by atoms with Crippen molar-refractivity contribution in [3.63, 3.8) is 0 Å². The van der Waals surface area contributed by atoms with Crippen molar-refractivity contribution in [1.82, 2.24) is 9.97 Å². The first-order valence-corrected chi connectivity index (χ1v) is 5.14. The van der Waals surface area contributed by atoms with Crippen LogP contribution >= 0.6 is 0 Å². The molecule has 1 aromatic carbocycles. The number of halogens is 1. The molecule has 0 spiro atoms. The standard InChI is InChI=1S/C12H12FN3O/c1-8-3-4-9(13)10(7-8)17-11-5-6-15-12(14-2)16-11/h3-7H,1-2H3,(H,14,15,16). The van der Waals surface area contributed by atoms with Gasteiger partial charge in [-0.15, -0.1) is 0 Å². The molecule has 1 heterocycles. The first kappa shape index (κ1) is 11.3. The third-order valence-corrected chi connectivity index (χ3v) is 2.15. The van der Waals surface area contributed by atoms with Gasteiger partial charge < -0.3 is 10.1 Å². The van der Waals surface area contributed by atoms with Gasteiger partial charge in [-0.25, -0.2) is 9.37 Å². The van der Waals surface area contributed by atoms with E-state index in [9.17, 15) is 4.39 Å². The minimum absolute atomic E-state index is 0.158. The Hall–Kier alpha value is -2.17. The number of rotatable bonds is 3. The largest absolute Gasteiger partial charge is 0.436 e. The molecule has 0 aliphatic heterocycles. The summed E-state index contributed by atoms with van der Waals surface area (Å²) < 4.78 is 18.8. The maximum absolute atomic E-state index is 13.5. The average molecular weight is 233 g/mol. The minimum atomic E-state index is -0.416. The van der Waals surface area contributed by atoms with E-state index in [2.05, 4.69) is 15.3 Å². The number of nitrogens with zero attached hydrogens (tertiary/aromatic N) is 2. The second-order valence-electron chi connectivity index (χ2n) is 3.50. The van der Waals surface area contributed by atoms with Crippen LogP contribution in [0.4, 0.5) is 10.3 Å². The Morgan fingerprint density at radius 1 is 1.29 bits per heavy atom. The second kappa shape index (κ2) is 4.78. The summed E-state index contributed by atoms with van der Waals surface area (Å²) in [4.78, 5) is 7.99. The Morgan fingerprint density at radius 2 is 2.12 bits per heavy atom. The minimum Gasteiger partial charge on any atom is -0.436 e. The van der Waals surface area contributed by atoms with Gasteiger partial charge in [0.25, 0.3) is 0 Å². The number of hydrogen-bond acceptors (Lipinski definition) is 4. The molecule has 0 unspecified atom stereocenters. The fourth-order valence-corrected chi connectivity index (χ4v) is 1.32. The van der Waals surface area contributed by atoms with Crippen molar-refractivity contribution in [2.45, 2.75) is 6.92 Å². The molecule has 0 saturated heterocycles.